The van der Waals surface area contributed by atoms with E-state index in [4.69, 9.17) is 0 Å². The summed E-state index contributed by atoms with van der Waals surface area (Å²) >= 11 is 0. The SMILES string of the molecule is O=C(O)C(O)C1c2ccccc2-c2[nH]c(=O)c3nccn3c21. The molecule has 0 spiro atoms. The van der Waals surface area contributed by atoms with Gasteiger partial charge in [-0.1, -0.05) is 24.3 Å². The van der Waals surface area contributed by atoms with E-state index in [-0.39, 0.29) is 11.2 Å². The number of carbonyl (C=O) groups is 1. The molecule has 110 valence electrons. The number of rotatable bonds is 2. The number of aliphatic hydroxyl groups is 1. The van der Waals surface area contributed by atoms with Crippen LogP contribution in [0.3, 0.4) is 0 Å². The van der Waals surface area contributed by atoms with Crippen molar-refractivity contribution in [3.8, 4) is 11.3 Å². The van der Waals surface area contributed by atoms with E-state index < -0.39 is 18.0 Å². The second-order valence-electron chi connectivity index (χ2n) is 5.18. The van der Waals surface area contributed by atoms with Crippen molar-refractivity contribution in [1.82, 2.24) is 14.4 Å². The zero-order valence-corrected chi connectivity index (χ0v) is 11.2. The Hall–Kier alpha value is -2.93. The highest BCUT2D eigenvalue weighted by molar-refractivity contribution is 5.82. The molecule has 2 atom stereocenters. The predicted octanol–water partition coefficient (Wildman–Crippen LogP) is 0.580. The summed E-state index contributed by atoms with van der Waals surface area (Å²) < 4.78 is 1.55. The zero-order valence-electron chi connectivity index (χ0n) is 11.2. The largest absolute Gasteiger partial charge is 0.479 e. The van der Waals surface area contributed by atoms with Crippen LogP contribution in [0.15, 0.2) is 41.5 Å². The van der Waals surface area contributed by atoms with E-state index in [1.165, 1.54) is 6.20 Å². The van der Waals surface area contributed by atoms with E-state index in [1.807, 2.05) is 0 Å². The Morgan fingerprint density at radius 2 is 2.14 bits per heavy atom. The number of benzene rings is 1. The van der Waals surface area contributed by atoms with Crippen molar-refractivity contribution in [2.24, 2.45) is 0 Å². The Balaban J connectivity index is 2.13. The number of aromatic amines is 1. The van der Waals surface area contributed by atoms with Gasteiger partial charge in [-0.2, -0.15) is 0 Å². The number of carboxylic acids is 1. The molecular weight excluding hydrogens is 286 g/mol. The molecule has 7 nitrogen and oxygen atoms in total. The molecule has 1 aliphatic carbocycles. The minimum Gasteiger partial charge on any atom is -0.479 e. The molecule has 0 aliphatic heterocycles. The molecule has 22 heavy (non-hydrogen) atoms. The minimum atomic E-state index is -1.61. The Bertz CT molecular complexity index is 972. The van der Waals surface area contributed by atoms with E-state index in [0.29, 0.717) is 17.0 Å². The van der Waals surface area contributed by atoms with Crippen LogP contribution < -0.4 is 5.56 Å². The number of imidazole rings is 1. The molecule has 3 N–H and O–H groups in total. The van der Waals surface area contributed by atoms with Crippen LogP contribution in [0.4, 0.5) is 0 Å². The molecule has 0 saturated heterocycles. The predicted molar refractivity (Wildman–Crippen MR) is 76.7 cm³/mol. The van der Waals surface area contributed by atoms with Crippen LogP contribution in [0.1, 0.15) is 17.2 Å². The molecular formula is C15H11N3O4. The van der Waals surface area contributed by atoms with Crippen molar-refractivity contribution in [1.29, 1.82) is 0 Å². The summed E-state index contributed by atoms with van der Waals surface area (Å²) in [6, 6.07) is 7.12. The van der Waals surface area contributed by atoms with Crippen molar-refractivity contribution < 1.29 is 15.0 Å². The van der Waals surface area contributed by atoms with Gasteiger partial charge in [-0.05, 0) is 5.56 Å². The summed E-state index contributed by atoms with van der Waals surface area (Å²) in [6.45, 7) is 0. The van der Waals surface area contributed by atoms with Crippen LogP contribution >= 0.6 is 0 Å². The highest BCUT2D eigenvalue weighted by Crippen LogP contribution is 2.44. The maximum absolute atomic E-state index is 12.1. The quantitative estimate of drug-likeness (QED) is 0.641. The molecule has 7 heteroatoms. The Morgan fingerprint density at radius 1 is 1.36 bits per heavy atom. The summed E-state index contributed by atoms with van der Waals surface area (Å²) in [6.07, 6.45) is 1.45. The molecule has 0 saturated carbocycles. The smallest absolute Gasteiger partial charge is 0.333 e. The summed E-state index contributed by atoms with van der Waals surface area (Å²) in [5.41, 5.74) is 2.26. The normalized spacial score (nSPS) is 17.2. The lowest BCUT2D eigenvalue weighted by Gasteiger charge is -2.17. The average molecular weight is 297 g/mol. The van der Waals surface area contributed by atoms with E-state index in [2.05, 4.69) is 9.97 Å². The van der Waals surface area contributed by atoms with Crippen molar-refractivity contribution in [3.63, 3.8) is 0 Å². The number of aliphatic carboxylic acids is 1. The van der Waals surface area contributed by atoms with Gasteiger partial charge in [-0.3, -0.25) is 9.20 Å². The lowest BCUT2D eigenvalue weighted by atomic mass is 9.94. The summed E-state index contributed by atoms with van der Waals surface area (Å²) in [5, 5.41) is 19.4. The van der Waals surface area contributed by atoms with Gasteiger partial charge in [0, 0.05) is 18.0 Å². The van der Waals surface area contributed by atoms with Crippen molar-refractivity contribution in [2.45, 2.75) is 12.0 Å². The van der Waals surface area contributed by atoms with Crippen molar-refractivity contribution in [3.05, 3.63) is 58.3 Å². The summed E-state index contributed by atoms with van der Waals surface area (Å²) in [7, 11) is 0. The summed E-state index contributed by atoms with van der Waals surface area (Å²) in [5.74, 6) is -2.08. The standard InChI is InChI=1S/C15H11N3O4/c19-12(15(21)22)9-7-3-1-2-4-8(7)10-11(9)18-6-5-16-13(18)14(20)17-10/h1-6,9,12,19H,(H,17,20)(H,21,22). The Morgan fingerprint density at radius 3 is 2.91 bits per heavy atom. The van der Waals surface area contributed by atoms with E-state index in [0.717, 1.165) is 5.56 Å². The fourth-order valence-corrected chi connectivity index (χ4v) is 3.14. The first-order valence-electron chi connectivity index (χ1n) is 6.69. The van der Waals surface area contributed by atoms with Gasteiger partial charge >= 0.3 is 5.97 Å². The Kier molecular flexibility index (Phi) is 2.49. The first-order valence-corrected chi connectivity index (χ1v) is 6.69. The number of nitrogens with zero attached hydrogens (tertiary/aromatic N) is 2. The van der Waals surface area contributed by atoms with Crippen LogP contribution in [0, 0.1) is 0 Å². The fraction of sp³-hybridized carbons (Fsp3) is 0.133. The van der Waals surface area contributed by atoms with Gasteiger partial charge in [-0.15, -0.1) is 0 Å². The average Bonchev–Trinajstić information content (AvgIpc) is 3.09. The maximum atomic E-state index is 12.1. The van der Waals surface area contributed by atoms with Crippen molar-refractivity contribution >= 4 is 11.6 Å². The third-order valence-corrected chi connectivity index (χ3v) is 4.03. The van der Waals surface area contributed by atoms with Gasteiger partial charge in [-0.25, -0.2) is 9.78 Å². The van der Waals surface area contributed by atoms with E-state index >= 15 is 0 Å². The molecule has 4 rings (SSSR count). The van der Waals surface area contributed by atoms with Gasteiger partial charge < -0.3 is 15.2 Å². The summed E-state index contributed by atoms with van der Waals surface area (Å²) in [4.78, 5) is 30.1. The number of hydrogen-bond donors (Lipinski definition) is 3. The molecule has 3 aromatic rings. The Labute approximate surface area is 123 Å². The molecule has 2 aromatic heterocycles. The third kappa shape index (κ3) is 1.51. The topological polar surface area (TPSA) is 108 Å². The molecule has 2 unspecified atom stereocenters. The molecule has 0 fully saturated rings. The van der Waals surface area contributed by atoms with Gasteiger partial charge in [0.25, 0.3) is 5.56 Å². The number of hydrogen-bond acceptors (Lipinski definition) is 4. The second-order valence-corrected chi connectivity index (χ2v) is 5.18. The van der Waals surface area contributed by atoms with E-state index in [1.54, 1.807) is 34.9 Å². The lowest BCUT2D eigenvalue weighted by Crippen LogP contribution is -2.29. The van der Waals surface area contributed by atoms with Crippen LogP contribution in [0.5, 0.6) is 0 Å². The molecule has 2 heterocycles. The lowest BCUT2D eigenvalue weighted by molar-refractivity contribution is -0.147. The number of nitrogens with one attached hydrogen (secondary N) is 1. The van der Waals surface area contributed by atoms with Gasteiger partial charge in [0.2, 0.25) is 5.65 Å². The van der Waals surface area contributed by atoms with Gasteiger partial charge in [0.15, 0.2) is 6.10 Å². The molecule has 0 radical (unpaired) electrons. The van der Waals surface area contributed by atoms with E-state index in [9.17, 15) is 19.8 Å². The minimum absolute atomic E-state index is 0.175. The fourth-order valence-electron chi connectivity index (χ4n) is 3.14. The second kappa shape index (κ2) is 4.28. The molecule has 1 aliphatic rings. The first-order chi connectivity index (χ1) is 10.6. The number of H-pyrrole nitrogens is 1. The zero-order chi connectivity index (χ0) is 15.4. The van der Waals surface area contributed by atoms with Crippen LogP contribution in [-0.2, 0) is 4.79 Å². The van der Waals surface area contributed by atoms with Gasteiger partial charge in [0.05, 0.1) is 17.3 Å². The number of aromatic nitrogens is 3. The number of aliphatic hydroxyl groups excluding tert-OH is 1. The van der Waals surface area contributed by atoms with Crippen LogP contribution in [-0.4, -0.2) is 36.7 Å². The van der Waals surface area contributed by atoms with Crippen LogP contribution in [0.25, 0.3) is 16.9 Å². The van der Waals surface area contributed by atoms with Crippen molar-refractivity contribution in [2.75, 3.05) is 0 Å². The molecule has 0 bridgehead atoms. The van der Waals surface area contributed by atoms with Crippen LogP contribution in [0.2, 0.25) is 0 Å². The molecule has 0 amide bonds. The first kappa shape index (κ1) is 12.8. The van der Waals surface area contributed by atoms with Gasteiger partial charge in [0.1, 0.15) is 0 Å². The highest BCUT2D eigenvalue weighted by Gasteiger charge is 2.39. The number of carboxylic acid groups (broad SMARTS) is 1. The highest BCUT2D eigenvalue weighted by atomic mass is 16.4. The maximum Gasteiger partial charge on any atom is 0.333 e. The number of fused-ring (bicyclic) bond motifs is 5. The monoisotopic (exact) mass is 297 g/mol. The third-order valence-electron chi connectivity index (χ3n) is 4.03. The molecule has 1 aromatic carbocycles.